The Kier molecular flexibility index (Phi) is 4.40. The molecule has 0 unspecified atom stereocenters. The van der Waals surface area contributed by atoms with E-state index >= 15 is 0 Å². The molecule has 0 aliphatic heterocycles. The van der Waals surface area contributed by atoms with E-state index in [1.54, 1.807) is 55.6 Å². The van der Waals surface area contributed by atoms with Crippen LogP contribution < -0.4 is 15.4 Å². The molecule has 3 rings (SSSR count). The van der Waals surface area contributed by atoms with Gasteiger partial charge in [-0.2, -0.15) is 0 Å². The second-order valence-corrected chi connectivity index (χ2v) is 5.40. The fourth-order valence-corrected chi connectivity index (χ4v) is 2.78. The normalized spacial score (nSPS) is 10.7. The number of amides is 1. The van der Waals surface area contributed by atoms with Crippen LogP contribution in [0.5, 0.6) is 5.75 Å². The van der Waals surface area contributed by atoms with Crippen LogP contribution in [0.1, 0.15) is 10.4 Å². The second-order valence-electron chi connectivity index (χ2n) is 5.07. The van der Waals surface area contributed by atoms with Crippen molar-refractivity contribution >= 4 is 31.2 Å². The zero-order valence-electron chi connectivity index (χ0n) is 12.7. The number of anilines is 1. The van der Waals surface area contributed by atoms with Gasteiger partial charge >= 0.3 is 8.69 Å². The summed E-state index contributed by atoms with van der Waals surface area (Å²) in [5.41, 5.74) is 0.407. The summed E-state index contributed by atoms with van der Waals surface area (Å²) in [4.78, 5) is 25.2. The molecule has 0 bridgehead atoms. The van der Waals surface area contributed by atoms with Gasteiger partial charge < -0.3 is 14.4 Å². The highest BCUT2D eigenvalue weighted by molar-refractivity contribution is 7.17. The quantitative estimate of drug-likeness (QED) is 0.739. The van der Waals surface area contributed by atoms with E-state index in [0.29, 0.717) is 16.6 Å². The SMILES string of the molecule is Cn1c(=O)c(C(=O)Nc2ccccc2)c(OP=O)c2ccccc21. The summed E-state index contributed by atoms with van der Waals surface area (Å²) in [6, 6.07) is 15.7. The zero-order valence-corrected chi connectivity index (χ0v) is 13.6. The van der Waals surface area contributed by atoms with Crippen LogP contribution in [0.3, 0.4) is 0 Å². The molecule has 0 fully saturated rings. The van der Waals surface area contributed by atoms with Crippen LogP contribution in [0.4, 0.5) is 5.69 Å². The van der Waals surface area contributed by atoms with E-state index in [-0.39, 0.29) is 11.3 Å². The minimum atomic E-state index is -0.643. The van der Waals surface area contributed by atoms with Gasteiger partial charge in [-0.15, -0.1) is 0 Å². The van der Waals surface area contributed by atoms with Crippen molar-refractivity contribution in [2.24, 2.45) is 7.05 Å². The van der Waals surface area contributed by atoms with Crippen LogP contribution in [-0.4, -0.2) is 10.5 Å². The Morgan fingerprint density at radius 2 is 1.75 bits per heavy atom. The predicted octanol–water partition coefficient (Wildman–Crippen LogP) is 3.38. The number of para-hydroxylation sites is 2. The molecule has 0 saturated carbocycles. The summed E-state index contributed by atoms with van der Waals surface area (Å²) in [6.07, 6.45) is 0. The average molecular weight is 340 g/mol. The summed E-state index contributed by atoms with van der Waals surface area (Å²) >= 11 is 0. The van der Waals surface area contributed by atoms with Crippen LogP contribution >= 0.6 is 8.69 Å². The van der Waals surface area contributed by atoms with Crippen LogP contribution in [-0.2, 0) is 11.6 Å². The maximum Gasteiger partial charge on any atom is 0.395 e. The summed E-state index contributed by atoms with van der Waals surface area (Å²) in [7, 11) is 0.929. The molecule has 120 valence electrons. The number of carbonyl (C=O) groups excluding carboxylic acids is 1. The van der Waals surface area contributed by atoms with Crippen molar-refractivity contribution in [2.75, 3.05) is 5.32 Å². The van der Waals surface area contributed by atoms with Crippen LogP contribution in [0.15, 0.2) is 59.4 Å². The maximum absolute atomic E-state index is 12.6. The van der Waals surface area contributed by atoms with Gasteiger partial charge in [0.25, 0.3) is 11.5 Å². The van der Waals surface area contributed by atoms with Crippen LogP contribution in [0.2, 0.25) is 0 Å². The number of pyridine rings is 1. The number of nitrogens with zero attached hydrogens (tertiary/aromatic N) is 1. The van der Waals surface area contributed by atoms with Gasteiger partial charge in [0.05, 0.1) is 5.52 Å². The van der Waals surface area contributed by atoms with Crippen molar-refractivity contribution in [3.63, 3.8) is 0 Å². The predicted molar refractivity (Wildman–Crippen MR) is 91.8 cm³/mol. The molecule has 0 aliphatic rings. The van der Waals surface area contributed by atoms with E-state index in [1.807, 2.05) is 6.07 Å². The molecule has 1 N–H and O–H groups in total. The van der Waals surface area contributed by atoms with Crippen molar-refractivity contribution < 1.29 is 13.9 Å². The highest BCUT2D eigenvalue weighted by Gasteiger charge is 2.23. The third-order valence-corrected chi connectivity index (χ3v) is 3.90. The number of benzene rings is 2. The Bertz CT molecular complexity index is 983. The van der Waals surface area contributed by atoms with Gasteiger partial charge in [-0.1, -0.05) is 30.3 Å². The lowest BCUT2D eigenvalue weighted by molar-refractivity contribution is 0.102. The van der Waals surface area contributed by atoms with Gasteiger partial charge in [0, 0.05) is 18.1 Å². The first-order valence-electron chi connectivity index (χ1n) is 7.11. The highest BCUT2D eigenvalue weighted by Crippen LogP contribution is 2.30. The number of nitrogens with one attached hydrogen (secondary N) is 1. The number of fused-ring (bicyclic) bond motifs is 1. The lowest BCUT2D eigenvalue weighted by atomic mass is 10.1. The number of aromatic nitrogens is 1. The number of rotatable bonds is 4. The molecule has 7 heteroatoms. The molecule has 0 aliphatic carbocycles. The molecule has 6 nitrogen and oxygen atoms in total. The monoisotopic (exact) mass is 340 g/mol. The third-order valence-electron chi connectivity index (χ3n) is 3.64. The Balaban J connectivity index is 2.21. The van der Waals surface area contributed by atoms with Crippen molar-refractivity contribution in [2.45, 2.75) is 0 Å². The fraction of sp³-hybridized carbons (Fsp3) is 0.0588. The van der Waals surface area contributed by atoms with Crippen molar-refractivity contribution in [3.05, 3.63) is 70.5 Å². The van der Waals surface area contributed by atoms with E-state index in [4.69, 9.17) is 4.52 Å². The molecular weight excluding hydrogens is 327 g/mol. The summed E-state index contributed by atoms with van der Waals surface area (Å²) in [6.45, 7) is 0. The molecule has 1 aromatic heterocycles. The molecule has 0 spiro atoms. The lowest BCUT2D eigenvalue weighted by Crippen LogP contribution is -2.28. The van der Waals surface area contributed by atoms with E-state index < -0.39 is 20.2 Å². The second kappa shape index (κ2) is 6.64. The first-order valence-corrected chi connectivity index (χ1v) is 7.84. The third kappa shape index (κ3) is 2.79. The smallest absolute Gasteiger partial charge is 0.395 e. The fourth-order valence-electron chi connectivity index (χ4n) is 2.51. The van der Waals surface area contributed by atoms with E-state index in [1.165, 1.54) is 4.57 Å². The molecule has 1 amide bonds. The summed E-state index contributed by atoms with van der Waals surface area (Å²) in [5.74, 6) is -0.620. The Hall–Kier alpha value is -2.98. The minimum absolute atomic E-state index is 0.00111. The first kappa shape index (κ1) is 15.9. The number of carbonyl (C=O) groups is 1. The molecule has 3 aromatic rings. The van der Waals surface area contributed by atoms with E-state index in [2.05, 4.69) is 5.32 Å². The van der Waals surface area contributed by atoms with E-state index in [0.717, 1.165) is 0 Å². The zero-order chi connectivity index (χ0) is 17.1. The topological polar surface area (TPSA) is 77.4 Å². The van der Waals surface area contributed by atoms with Gasteiger partial charge in [-0.05, 0) is 24.3 Å². The van der Waals surface area contributed by atoms with Gasteiger partial charge in [0.15, 0.2) is 5.75 Å². The molecular formula is C17H13N2O4P. The lowest BCUT2D eigenvalue weighted by Gasteiger charge is -2.13. The molecule has 2 aromatic carbocycles. The minimum Gasteiger partial charge on any atom is -0.406 e. The standard InChI is InChI=1S/C17H13N2O4P/c1-19-13-10-6-5-9-12(13)15(23-24-22)14(17(19)21)16(20)18-11-7-3-2-4-8-11/h2-10H,1H3,(H,18,20). The molecule has 0 radical (unpaired) electrons. The number of hydrogen-bond donors (Lipinski definition) is 1. The highest BCUT2D eigenvalue weighted by atomic mass is 31.1. The molecule has 0 saturated heterocycles. The average Bonchev–Trinajstić information content (AvgIpc) is 2.60. The summed E-state index contributed by atoms with van der Waals surface area (Å²) < 4.78 is 17.4. The van der Waals surface area contributed by atoms with Gasteiger partial charge in [-0.25, -0.2) is 4.57 Å². The number of hydrogen-bond acceptors (Lipinski definition) is 4. The van der Waals surface area contributed by atoms with Gasteiger partial charge in [0.1, 0.15) is 5.56 Å². The van der Waals surface area contributed by atoms with Crippen molar-refractivity contribution in [1.29, 1.82) is 0 Å². The Morgan fingerprint density at radius 3 is 2.46 bits per heavy atom. The molecule has 24 heavy (non-hydrogen) atoms. The largest absolute Gasteiger partial charge is 0.406 e. The Morgan fingerprint density at radius 1 is 1.08 bits per heavy atom. The first-order chi connectivity index (χ1) is 11.6. The van der Waals surface area contributed by atoms with E-state index in [9.17, 15) is 14.2 Å². The van der Waals surface area contributed by atoms with Crippen molar-refractivity contribution in [3.8, 4) is 5.75 Å². The molecule has 0 atom stereocenters. The summed E-state index contributed by atoms with van der Waals surface area (Å²) in [5, 5.41) is 3.18. The van der Waals surface area contributed by atoms with Crippen LogP contribution in [0, 0.1) is 0 Å². The molecule has 1 heterocycles. The maximum atomic E-state index is 12.6. The van der Waals surface area contributed by atoms with Crippen molar-refractivity contribution in [1.82, 2.24) is 4.57 Å². The number of aryl methyl sites for hydroxylation is 1. The van der Waals surface area contributed by atoms with Gasteiger partial charge in [0.2, 0.25) is 0 Å². The Labute approximate surface area is 139 Å². The van der Waals surface area contributed by atoms with Crippen LogP contribution in [0.25, 0.3) is 10.9 Å². The van der Waals surface area contributed by atoms with Gasteiger partial charge in [-0.3, -0.25) is 9.59 Å².